The number of pyridine rings is 1. The molecule has 0 fully saturated rings. The molecule has 0 aliphatic carbocycles. The third-order valence-corrected chi connectivity index (χ3v) is 4.82. The molecule has 1 aromatic carbocycles. The Morgan fingerprint density at radius 3 is 2.52 bits per heavy atom. The van der Waals surface area contributed by atoms with E-state index in [-0.39, 0.29) is 35.2 Å². The molecule has 0 radical (unpaired) electrons. The van der Waals surface area contributed by atoms with Crippen molar-refractivity contribution in [1.29, 1.82) is 0 Å². The second-order valence-corrected chi connectivity index (χ2v) is 7.01. The molecule has 160 valence electrons. The topological polar surface area (TPSA) is 80.1 Å². The van der Waals surface area contributed by atoms with Gasteiger partial charge in [-0.3, -0.25) is 19.3 Å². The predicted molar refractivity (Wildman–Crippen MR) is 102 cm³/mol. The Morgan fingerprint density at radius 2 is 1.87 bits per heavy atom. The van der Waals surface area contributed by atoms with Crippen molar-refractivity contribution >= 4 is 23.2 Å². The number of aromatic nitrogens is 3. The first kappa shape index (κ1) is 20.5. The zero-order chi connectivity index (χ0) is 22.3. The van der Waals surface area contributed by atoms with E-state index < -0.39 is 29.4 Å². The van der Waals surface area contributed by atoms with E-state index in [1.54, 1.807) is 6.92 Å². The Hall–Kier alpha value is -3.76. The summed E-state index contributed by atoms with van der Waals surface area (Å²) in [7, 11) is 0. The number of nitrogens with one attached hydrogen (secondary N) is 1. The van der Waals surface area contributed by atoms with Gasteiger partial charge >= 0.3 is 6.18 Å². The van der Waals surface area contributed by atoms with Crippen molar-refractivity contribution in [1.82, 2.24) is 14.8 Å². The summed E-state index contributed by atoms with van der Waals surface area (Å²) in [5.74, 6) is -1.92. The van der Waals surface area contributed by atoms with Crippen molar-refractivity contribution in [2.45, 2.75) is 19.1 Å². The molecule has 2 aromatic heterocycles. The molecule has 3 aromatic rings. The molecule has 2 amide bonds. The minimum absolute atomic E-state index is 0.0134. The number of halogens is 4. The zero-order valence-electron chi connectivity index (χ0n) is 16.0. The number of benzene rings is 1. The highest BCUT2D eigenvalue weighted by atomic mass is 19.4. The van der Waals surface area contributed by atoms with Crippen LogP contribution >= 0.6 is 0 Å². The second kappa shape index (κ2) is 7.49. The number of carbonyl (C=O) groups is 2. The van der Waals surface area contributed by atoms with Crippen LogP contribution in [-0.4, -0.2) is 33.1 Å². The maximum absolute atomic E-state index is 13.3. The van der Waals surface area contributed by atoms with Crippen LogP contribution in [0, 0.1) is 5.82 Å². The van der Waals surface area contributed by atoms with Crippen LogP contribution in [0.5, 0.6) is 0 Å². The Labute approximate surface area is 173 Å². The number of anilines is 2. The number of carbonyl (C=O) groups excluding carboxylic acids is 2. The SMILES string of the molecule is CC1CN(c2ccc(C(F)(F)F)cc2)C(=O)c2c(C(=O)Nc3cncc(F)c3)cnn21. The first-order valence-corrected chi connectivity index (χ1v) is 9.13. The van der Waals surface area contributed by atoms with Crippen LogP contribution in [-0.2, 0) is 6.18 Å². The van der Waals surface area contributed by atoms with Crippen LogP contribution in [0.4, 0.5) is 28.9 Å². The molecule has 7 nitrogen and oxygen atoms in total. The van der Waals surface area contributed by atoms with Crippen molar-refractivity contribution < 1.29 is 27.2 Å². The monoisotopic (exact) mass is 433 g/mol. The molecule has 1 aliphatic heterocycles. The van der Waals surface area contributed by atoms with Gasteiger partial charge in [-0.1, -0.05) is 0 Å². The molecule has 1 aliphatic rings. The average Bonchev–Trinajstić information content (AvgIpc) is 3.16. The fraction of sp³-hybridized carbons (Fsp3) is 0.200. The molecule has 1 unspecified atom stereocenters. The summed E-state index contributed by atoms with van der Waals surface area (Å²) in [4.78, 5) is 30.8. The minimum Gasteiger partial charge on any atom is -0.320 e. The number of alkyl halides is 3. The second-order valence-electron chi connectivity index (χ2n) is 7.01. The molecule has 1 N–H and O–H groups in total. The summed E-state index contributed by atoms with van der Waals surface area (Å²) in [6, 6.07) is 4.93. The maximum Gasteiger partial charge on any atom is 0.416 e. The van der Waals surface area contributed by atoms with Crippen molar-refractivity contribution in [3.63, 3.8) is 0 Å². The maximum atomic E-state index is 13.3. The Balaban J connectivity index is 1.65. The summed E-state index contributed by atoms with van der Waals surface area (Å²) in [6.45, 7) is 1.92. The molecular weight excluding hydrogens is 418 g/mol. The van der Waals surface area contributed by atoms with Crippen LogP contribution in [0.2, 0.25) is 0 Å². The largest absolute Gasteiger partial charge is 0.416 e. The van der Waals surface area contributed by atoms with Gasteiger partial charge in [0.1, 0.15) is 11.5 Å². The van der Waals surface area contributed by atoms with Crippen LogP contribution in [0.15, 0.2) is 48.9 Å². The van der Waals surface area contributed by atoms with Crippen molar-refractivity contribution in [2.24, 2.45) is 0 Å². The zero-order valence-corrected chi connectivity index (χ0v) is 16.0. The highest BCUT2D eigenvalue weighted by Crippen LogP contribution is 2.33. The molecule has 0 spiro atoms. The lowest BCUT2D eigenvalue weighted by Gasteiger charge is -2.32. The molecule has 11 heteroatoms. The summed E-state index contributed by atoms with van der Waals surface area (Å²) in [5.41, 5.74) is -0.528. The van der Waals surface area contributed by atoms with E-state index in [1.807, 2.05) is 0 Å². The fourth-order valence-electron chi connectivity index (χ4n) is 3.36. The Morgan fingerprint density at radius 1 is 1.16 bits per heavy atom. The van der Waals surface area contributed by atoms with E-state index in [4.69, 9.17) is 0 Å². The smallest absolute Gasteiger partial charge is 0.320 e. The van der Waals surface area contributed by atoms with Crippen LogP contribution in [0.3, 0.4) is 0 Å². The van der Waals surface area contributed by atoms with E-state index >= 15 is 0 Å². The van der Waals surface area contributed by atoms with Gasteiger partial charge in [0, 0.05) is 18.3 Å². The summed E-state index contributed by atoms with van der Waals surface area (Å²) >= 11 is 0. The lowest BCUT2D eigenvalue weighted by Crippen LogP contribution is -2.43. The standard InChI is InChI=1S/C20H15F4N5O2/c1-11-10-28(15-4-2-12(3-5-15)20(22,23)24)19(31)17-16(9-26-29(11)17)18(30)27-14-6-13(21)7-25-8-14/h2-9,11H,10H2,1H3,(H,27,30). The summed E-state index contributed by atoms with van der Waals surface area (Å²) < 4.78 is 53.2. The molecule has 4 rings (SSSR count). The van der Waals surface area contributed by atoms with Gasteiger partial charge in [0.05, 0.1) is 41.4 Å². The third-order valence-electron chi connectivity index (χ3n) is 4.82. The van der Waals surface area contributed by atoms with Gasteiger partial charge in [0.2, 0.25) is 0 Å². The highest BCUT2D eigenvalue weighted by molar-refractivity contribution is 6.15. The van der Waals surface area contributed by atoms with Crippen molar-refractivity contribution in [2.75, 3.05) is 16.8 Å². The number of rotatable bonds is 3. The lowest BCUT2D eigenvalue weighted by atomic mass is 10.1. The first-order valence-electron chi connectivity index (χ1n) is 9.13. The summed E-state index contributed by atoms with van der Waals surface area (Å²) in [6.07, 6.45) is -1.05. The molecular formula is C20H15F4N5O2. The highest BCUT2D eigenvalue weighted by Gasteiger charge is 2.36. The molecule has 0 bridgehead atoms. The molecule has 31 heavy (non-hydrogen) atoms. The van der Waals surface area contributed by atoms with E-state index in [0.29, 0.717) is 0 Å². The van der Waals surface area contributed by atoms with E-state index in [2.05, 4.69) is 15.4 Å². The van der Waals surface area contributed by atoms with E-state index in [1.165, 1.54) is 34.1 Å². The van der Waals surface area contributed by atoms with Crippen LogP contribution in [0.25, 0.3) is 0 Å². The third kappa shape index (κ3) is 3.86. The minimum atomic E-state index is -4.49. The van der Waals surface area contributed by atoms with Crippen LogP contribution in [0.1, 0.15) is 39.4 Å². The molecule has 0 saturated carbocycles. The van der Waals surface area contributed by atoms with Gasteiger partial charge < -0.3 is 10.2 Å². The quantitative estimate of drug-likeness (QED) is 0.636. The van der Waals surface area contributed by atoms with E-state index in [9.17, 15) is 27.2 Å². The number of amides is 2. The average molecular weight is 433 g/mol. The number of hydrogen-bond donors (Lipinski definition) is 1. The lowest BCUT2D eigenvalue weighted by molar-refractivity contribution is -0.137. The van der Waals surface area contributed by atoms with Gasteiger partial charge in [-0.15, -0.1) is 0 Å². The number of fused-ring (bicyclic) bond motifs is 1. The van der Waals surface area contributed by atoms with Crippen molar-refractivity contribution in [3.05, 3.63) is 71.6 Å². The molecule has 3 heterocycles. The normalized spacial score (nSPS) is 16.2. The first-order chi connectivity index (χ1) is 14.6. The number of nitrogens with zero attached hydrogens (tertiary/aromatic N) is 4. The summed E-state index contributed by atoms with van der Waals surface area (Å²) in [5, 5.41) is 6.57. The van der Waals surface area contributed by atoms with Gasteiger partial charge in [-0.2, -0.15) is 18.3 Å². The van der Waals surface area contributed by atoms with Gasteiger partial charge in [0.25, 0.3) is 11.8 Å². The number of hydrogen-bond acceptors (Lipinski definition) is 4. The van der Waals surface area contributed by atoms with Gasteiger partial charge in [0.15, 0.2) is 0 Å². The molecule has 0 saturated heterocycles. The van der Waals surface area contributed by atoms with E-state index in [0.717, 1.165) is 24.4 Å². The van der Waals surface area contributed by atoms with Crippen LogP contribution < -0.4 is 10.2 Å². The Kier molecular flexibility index (Phi) is 4.96. The van der Waals surface area contributed by atoms with Gasteiger partial charge in [-0.05, 0) is 31.2 Å². The molecule has 1 atom stereocenters. The fourth-order valence-corrected chi connectivity index (χ4v) is 3.36. The Bertz CT molecular complexity index is 1160. The predicted octanol–water partition coefficient (Wildman–Crippen LogP) is 3.91. The van der Waals surface area contributed by atoms with Crippen molar-refractivity contribution in [3.8, 4) is 0 Å². The van der Waals surface area contributed by atoms with Gasteiger partial charge in [-0.25, -0.2) is 4.39 Å².